The van der Waals surface area contributed by atoms with Gasteiger partial charge in [0.2, 0.25) is 5.95 Å². The maximum absolute atomic E-state index is 12.9. The van der Waals surface area contributed by atoms with Gasteiger partial charge in [-0.15, -0.1) is 0 Å². The molecule has 1 unspecified atom stereocenters. The number of fused-ring (bicyclic) bond motifs is 1. The van der Waals surface area contributed by atoms with Crippen LogP contribution in [0.4, 0.5) is 19.1 Å². The molecule has 0 spiro atoms. The normalized spacial score (nSPS) is 20.5. The number of aliphatic imine (C=N–C) groups is 1. The molecule has 0 radical (unpaired) electrons. The number of rotatable bonds is 9. The van der Waals surface area contributed by atoms with E-state index in [4.69, 9.17) is 9.47 Å². The lowest BCUT2D eigenvalue weighted by atomic mass is 10.2. The van der Waals surface area contributed by atoms with Crippen LogP contribution in [0.5, 0.6) is 0 Å². The number of hydrogen-bond acceptors (Lipinski definition) is 10. The number of aliphatic hydroxyl groups excluding tert-OH is 1. The SMILES string of the molecule is CSS[C@H](C)OC1C[C@H](n2nc(C#CCNC(=O)C(F)(F)F)c3c(=O)[nH]c(N=CN(C)C)nc32)O[C@@H]1CO. The van der Waals surface area contributed by atoms with Crippen LogP contribution >= 0.6 is 21.6 Å². The number of H-pyrrole nitrogens is 1. The Labute approximate surface area is 223 Å². The van der Waals surface area contributed by atoms with Crippen molar-refractivity contribution in [2.24, 2.45) is 4.99 Å². The highest BCUT2D eigenvalue weighted by molar-refractivity contribution is 8.76. The van der Waals surface area contributed by atoms with Gasteiger partial charge in [-0.2, -0.15) is 23.3 Å². The summed E-state index contributed by atoms with van der Waals surface area (Å²) in [6, 6.07) is 0. The van der Waals surface area contributed by atoms with E-state index in [1.54, 1.807) is 24.3 Å². The molecule has 0 saturated carbocycles. The Bertz CT molecular complexity index is 1290. The van der Waals surface area contributed by atoms with Crippen molar-refractivity contribution in [3.63, 3.8) is 0 Å². The van der Waals surface area contributed by atoms with Gasteiger partial charge in [0, 0.05) is 20.5 Å². The summed E-state index contributed by atoms with van der Waals surface area (Å²) >= 11 is 0. The molecule has 38 heavy (non-hydrogen) atoms. The van der Waals surface area contributed by atoms with Crippen molar-refractivity contribution >= 4 is 50.8 Å². The Balaban J connectivity index is 1.99. The second kappa shape index (κ2) is 12.8. The Hall–Kier alpha value is -2.78. The summed E-state index contributed by atoms with van der Waals surface area (Å²) in [6.07, 6.45) is -3.41. The molecule has 1 saturated heterocycles. The fourth-order valence-corrected chi connectivity index (χ4v) is 4.88. The Morgan fingerprint density at radius 1 is 1.50 bits per heavy atom. The van der Waals surface area contributed by atoms with Crippen LogP contribution in [0, 0.1) is 11.8 Å². The molecule has 1 aliphatic heterocycles. The molecule has 2 aromatic rings. The first-order valence-corrected chi connectivity index (χ1v) is 13.7. The number of ether oxygens (including phenoxy) is 2. The molecule has 3 N–H and O–H groups in total. The standard InChI is InChI=1S/C21H26F3N7O5S2/c1-11(38-37-4)35-13-8-15(36-14(13)9-32)31-17-16(18(33)28-20(27-17)26-10-30(2)3)12(29-31)6-5-7-25-19(34)21(22,23)24/h10-11,13-15,32H,7-9H2,1-4H3,(H,25,34)(H,27,28,33)/t11-,13?,14-,15-/m1/s1. The van der Waals surface area contributed by atoms with Gasteiger partial charge in [-0.1, -0.05) is 27.5 Å². The molecule has 0 aliphatic carbocycles. The number of carbonyl (C=O) groups excluding carboxylic acids is 1. The van der Waals surface area contributed by atoms with Crippen molar-refractivity contribution in [1.82, 2.24) is 30.0 Å². The van der Waals surface area contributed by atoms with E-state index in [1.807, 2.05) is 13.2 Å². The highest BCUT2D eigenvalue weighted by Gasteiger charge is 2.40. The number of carbonyl (C=O) groups is 1. The molecular formula is C21H26F3N7O5S2. The second-order valence-corrected chi connectivity index (χ2v) is 10.9. The van der Waals surface area contributed by atoms with Crippen LogP contribution in [0.1, 0.15) is 25.3 Å². The molecule has 3 heterocycles. The van der Waals surface area contributed by atoms with Crippen LogP contribution in [0.3, 0.4) is 0 Å². The van der Waals surface area contributed by atoms with Crippen LogP contribution in [0.25, 0.3) is 11.0 Å². The number of aliphatic hydroxyl groups is 1. The fourth-order valence-electron chi connectivity index (χ4n) is 3.47. The third-order valence-corrected chi connectivity index (χ3v) is 6.96. The Morgan fingerprint density at radius 2 is 2.24 bits per heavy atom. The van der Waals surface area contributed by atoms with Gasteiger partial charge in [0.05, 0.1) is 25.6 Å². The predicted octanol–water partition coefficient (Wildman–Crippen LogP) is 1.39. The first kappa shape index (κ1) is 29.8. The minimum Gasteiger partial charge on any atom is -0.394 e. The summed E-state index contributed by atoms with van der Waals surface area (Å²) in [5.74, 6) is 2.72. The molecule has 4 atom stereocenters. The quantitative estimate of drug-likeness (QED) is 0.131. The van der Waals surface area contributed by atoms with Gasteiger partial charge >= 0.3 is 12.1 Å². The Morgan fingerprint density at radius 3 is 2.87 bits per heavy atom. The summed E-state index contributed by atoms with van der Waals surface area (Å²) in [5.41, 5.74) is -0.845. The van der Waals surface area contributed by atoms with E-state index in [0.717, 1.165) is 0 Å². The maximum atomic E-state index is 12.9. The zero-order valence-electron chi connectivity index (χ0n) is 20.8. The number of aromatic nitrogens is 4. The van der Waals surface area contributed by atoms with Crippen LogP contribution in [-0.2, 0) is 14.3 Å². The molecule has 3 rings (SSSR count). The molecule has 1 aliphatic rings. The van der Waals surface area contributed by atoms with Gasteiger partial charge in [-0.25, -0.2) is 9.67 Å². The van der Waals surface area contributed by atoms with Crippen LogP contribution in [0.15, 0.2) is 9.79 Å². The summed E-state index contributed by atoms with van der Waals surface area (Å²) in [5, 5.41) is 15.8. The van der Waals surface area contributed by atoms with E-state index in [1.165, 1.54) is 32.6 Å². The maximum Gasteiger partial charge on any atom is 0.471 e. The van der Waals surface area contributed by atoms with Crippen LogP contribution in [0.2, 0.25) is 0 Å². The van der Waals surface area contributed by atoms with Crippen molar-refractivity contribution in [1.29, 1.82) is 0 Å². The molecule has 12 nitrogen and oxygen atoms in total. The van der Waals surface area contributed by atoms with Gasteiger partial charge < -0.3 is 24.8 Å². The summed E-state index contributed by atoms with van der Waals surface area (Å²) in [6.45, 7) is 0.916. The highest BCUT2D eigenvalue weighted by atomic mass is 33.1. The fraction of sp³-hybridized carbons (Fsp3) is 0.571. The van der Waals surface area contributed by atoms with E-state index < -0.39 is 42.6 Å². The molecule has 1 amide bonds. The third-order valence-electron chi connectivity index (χ3n) is 4.99. The summed E-state index contributed by atoms with van der Waals surface area (Å²) in [7, 11) is 6.49. The second-order valence-electron chi connectivity index (χ2n) is 8.12. The number of aromatic amines is 1. The van der Waals surface area contributed by atoms with E-state index >= 15 is 0 Å². The topological polar surface area (TPSA) is 147 Å². The average molecular weight is 578 g/mol. The zero-order valence-corrected chi connectivity index (χ0v) is 22.4. The number of hydrogen-bond donors (Lipinski definition) is 3. The highest BCUT2D eigenvalue weighted by Crippen LogP contribution is 2.35. The lowest BCUT2D eigenvalue weighted by Crippen LogP contribution is -2.36. The molecule has 0 aromatic carbocycles. The number of amides is 1. The van der Waals surface area contributed by atoms with Gasteiger partial charge in [-0.05, 0) is 19.1 Å². The average Bonchev–Trinajstić information content (AvgIpc) is 3.41. The van der Waals surface area contributed by atoms with Crippen molar-refractivity contribution in [2.75, 3.05) is 33.5 Å². The van der Waals surface area contributed by atoms with Gasteiger partial charge in [0.25, 0.3) is 5.56 Å². The van der Waals surface area contributed by atoms with Gasteiger partial charge in [0.15, 0.2) is 17.6 Å². The van der Waals surface area contributed by atoms with Crippen molar-refractivity contribution in [3.05, 3.63) is 16.0 Å². The van der Waals surface area contributed by atoms with Crippen molar-refractivity contribution in [3.8, 4) is 11.8 Å². The van der Waals surface area contributed by atoms with Crippen molar-refractivity contribution < 1.29 is 32.5 Å². The van der Waals surface area contributed by atoms with Crippen LogP contribution < -0.4 is 10.9 Å². The monoisotopic (exact) mass is 577 g/mol. The number of nitrogens with zero attached hydrogens (tertiary/aromatic N) is 5. The molecule has 0 bridgehead atoms. The van der Waals surface area contributed by atoms with Crippen molar-refractivity contribution in [2.45, 2.75) is 43.4 Å². The predicted molar refractivity (Wildman–Crippen MR) is 137 cm³/mol. The largest absolute Gasteiger partial charge is 0.471 e. The van der Waals surface area contributed by atoms with Gasteiger partial charge in [0.1, 0.15) is 16.9 Å². The lowest BCUT2D eigenvalue weighted by Gasteiger charge is -2.20. The van der Waals surface area contributed by atoms with E-state index in [2.05, 4.69) is 31.9 Å². The number of halogens is 3. The molecule has 2 aromatic heterocycles. The molecule has 208 valence electrons. The third kappa shape index (κ3) is 7.41. The first-order valence-electron chi connectivity index (χ1n) is 11.1. The van der Waals surface area contributed by atoms with E-state index in [9.17, 15) is 27.9 Å². The Kier molecular flexibility index (Phi) is 10.1. The zero-order chi connectivity index (χ0) is 28.0. The van der Waals surface area contributed by atoms with E-state index in [0.29, 0.717) is 0 Å². The molecule has 17 heteroatoms. The summed E-state index contributed by atoms with van der Waals surface area (Å²) < 4.78 is 50.5. The summed E-state index contributed by atoms with van der Waals surface area (Å²) in [4.78, 5) is 36.6. The minimum absolute atomic E-state index is 0.0243. The number of alkyl halides is 3. The molecular weight excluding hydrogens is 551 g/mol. The minimum atomic E-state index is -5.05. The lowest BCUT2D eigenvalue weighted by molar-refractivity contribution is -0.173. The smallest absolute Gasteiger partial charge is 0.394 e. The first-order chi connectivity index (χ1) is 17.9. The van der Waals surface area contributed by atoms with Crippen LogP contribution in [-0.4, -0.2) is 99.3 Å². The van der Waals surface area contributed by atoms with E-state index in [-0.39, 0.29) is 41.1 Å². The molecule has 1 fully saturated rings. The van der Waals surface area contributed by atoms with Gasteiger partial charge in [-0.3, -0.25) is 14.6 Å². The number of nitrogens with one attached hydrogen (secondary N) is 2.